The van der Waals surface area contributed by atoms with Gasteiger partial charge in [0.15, 0.2) is 5.76 Å². The molecule has 28 heavy (non-hydrogen) atoms. The van der Waals surface area contributed by atoms with Crippen molar-refractivity contribution in [3.05, 3.63) is 33.3 Å². The maximum atomic E-state index is 12.9. The molecule has 0 amide bonds. The van der Waals surface area contributed by atoms with Crippen LogP contribution in [0.25, 0.3) is 10.7 Å². The standard InChI is InChI=1S/C16H18BrN5O4S2/c1-10-15(11(2)25-19-10)28(23,24)22-5-3-21(4-6-22)8-14-18-16(20-26-14)13-7-12(17)9-27-13/h7,9H,3-6,8H2,1-2H3. The van der Waals surface area contributed by atoms with E-state index >= 15 is 0 Å². The molecule has 0 N–H and O–H groups in total. The fourth-order valence-corrected chi connectivity index (χ4v) is 6.21. The van der Waals surface area contributed by atoms with Gasteiger partial charge in [-0.2, -0.15) is 9.29 Å². The lowest BCUT2D eigenvalue weighted by Crippen LogP contribution is -2.48. The number of nitrogens with zero attached hydrogens (tertiary/aromatic N) is 5. The topological polar surface area (TPSA) is 106 Å². The van der Waals surface area contributed by atoms with Gasteiger partial charge in [0.25, 0.3) is 0 Å². The van der Waals surface area contributed by atoms with Crippen molar-refractivity contribution in [2.45, 2.75) is 25.3 Å². The smallest absolute Gasteiger partial charge is 0.248 e. The Bertz CT molecular complexity index is 1060. The highest BCUT2D eigenvalue weighted by Crippen LogP contribution is 2.28. The molecule has 3 aromatic rings. The number of aryl methyl sites for hydroxylation is 2. The minimum Gasteiger partial charge on any atom is -0.360 e. The molecule has 4 rings (SSSR count). The van der Waals surface area contributed by atoms with Crippen LogP contribution in [0.1, 0.15) is 17.3 Å². The van der Waals surface area contributed by atoms with Crippen LogP contribution >= 0.6 is 27.3 Å². The van der Waals surface area contributed by atoms with Crippen molar-refractivity contribution in [3.63, 3.8) is 0 Å². The highest BCUT2D eigenvalue weighted by molar-refractivity contribution is 9.10. The SMILES string of the molecule is Cc1noc(C)c1S(=O)(=O)N1CCN(Cc2nc(-c3cc(Br)cs3)no2)CC1. The molecule has 3 aromatic heterocycles. The zero-order chi connectivity index (χ0) is 19.9. The summed E-state index contributed by atoms with van der Waals surface area (Å²) in [5, 5.41) is 9.74. The van der Waals surface area contributed by atoms with Crippen LogP contribution in [0.2, 0.25) is 0 Å². The number of hydrogen-bond acceptors (Lipinski definition) is 9. The molecule has 0 spiro atoms. The van der Waals surface area contributed by atoms with Gasteiger partial charge in [0.2, 0.25) is 21.7 Å². The highest BCUT2D eigenvalue weighted by Gasteiger charge is 2.33. The number of hydrogen-bond donors (Lipinski definition) is 0. The summed E-state index contributed by atoms with van der Waals surface area (Å²) >= 11 is 4.95. The number of thiophene rings is 1. The molecule has 1 fully saturated rings. The predicted molar refractivity (Wildman–Crippen MR) is 105 cm³/mol. The summed E-state index contributed by atoms with van der Waals surface area (Å²) in [6.07, 6.45) is 0. The third-order valence-electron chi connectivity index (χ3n) is 4.51. The highest BCUT2D eigenvalue weighted by atomic mass is 79.9. The van der Waals surface area contributed by atoms with E-state index in [0.29, 0.717) is 55.9 Å². The summed E-state index contributed by atoms with van der Waals surface area (Å²) in [5.74, 6) is 1.39. The summed E-state index contributed by atoms with van der Waals surface area (Å²) < 4.78 is 38.6. The van der Waals surface area contributed by atoms with Crippen molar-refractivity contribution in [1.29, 1.82) is 0 Å². The quantitative estimate of drug-likeness (QED) is 0.540. The second-order valence-electron chi connectivity index (χ2n) is 6.47. The molecule has 0 aliphatic carbocycles. The molecule has 0 atom stereocenters. The van der Waals surface area contributed by atoms with E-state index in [4.69, 9.17) is 9.05 Å². The van der Waals surface area contributed by atoms with Crippen LogP contribution in [0, 0.1) is 13.8 Å². The number of sulfonamides is 1. The molecule has 0 bridgehead atoms. The predicted octanol–water partition coefficient (Wildman–Crippen LogP) is 2.67. The first kappa shape index (κ1) is 19.7. The van der Waals surface area contributed by atoms with E-state index in [1.165, 1.54) is 15.6 Å². The molecule has 0 unspecified atom stereocenters. The molecule has 1 saturated heterocycles. The summed E-state index contributed by atoms with van der Waals surface area (Å²) in [6.45, 7) is 5.65. The Labute approximate surface area is 174 Å². The second kappa shape index (κ2) is 7.67. The third kappa shape index (κ3) is 3.79. The minimum atomic E-state index is -3.61. The molecule has 12 heteroatoms. The molecule has 1 aliphatic rings. The van der Waals surface area contributed by atoms with Crippen LogP contribution in [-0.2, 0) is 16.6 Å². The number of halogens is 1. The summed E-state index contributed by atoms with van der Waals surface area (Å²) in [4.78, 5) is 7.63. The Morgan fingerprint density at radius 1 is 1.18 bits per heavy atom. The first-order chi connectivity index (χ1) is 13.3. The Morgan fingerprint density at radius 3 is 2.54 bits per heavy atom. The zero-order valence-corrected chi connectivity index (χ0v) is 18.5. The zero-order valence-electron chi connectivity index (χ0n) is 15.3. The van der Waals surface area contributed by atoms with E-state index in [1.807, 2.05) is 11.4 Å². The molecule has 0 radical (unpaired) electrons. The Kier molecular flexibility index (Phi) is 5.40. The molecular formula is C16H18BrN5O4S2. The Balaban J connectivity index is 1.39. The van der Waals surface area contributed by atoms with E-state index in [0.717, 1.165) is 9.35 Å². The maximum Gasteiger partial charge on any atom is 0.248 e. The first-order valence-corrected chi connectivity index (χ1v) is 11.7. The van der Waals surface area contributed by atoms with Gasteiger partial charge in [0.05, 0.1) is 11.4 Å². The fourth-order valence-electron chi connectivity index (χ4n) is 3.14. The van der Waals surface area contributed by atoms with Crippen molar-refractivity contribution in [2.75, 3.05) is 26.2 Å². The van der Waals surface area contributed by atoms with E-state index in [2.05, 4.69) is 36.1 Å². The summed E-state index contributed by atoms with van der Waals surface area (Å²) in [6, 6.07) is 1.94. The molecule has 9 nitrogen and oxygen atoms in total. The molecule has 0 aromatic carbocycles. The lowest BCUT2D eigenvalue weighted by atomic mass is 10.3. The first-order valence-electron chi connectivity index (χ1n) is 8.57. The number of rotatable bonds is 5. The van der Waals surface area contributed by atoms with Gasteiger partial charge in [-0.1, -0.05) is 10.3 Å². The summed E-state index contributed by atoms with van der Waals surface area (Å²) in [5.41, 5.74) is 0.388. The van der Waals surface area contributed by atoms with Crippen LogP contribution in [0.15, 0.2) is 29.9 Å². The van der Waals surface area contributed by atoms with Crippen molar-refractivity contribution in [1.82, 2.24) is 24.5 Å². The maximum absolute atomic E-state index is 12.9. The molecule has 1 aliphatic heterocycles. The van der Waals surface area contributed by atoms with Gasteiger partial charge < -0.3 is 9.05 Å². The minimum absolute atomic E-state index is 0.171. The van der Waals surface area contributed by atoms with Crippen LogP contribution in [0.4, 0.5) is 0 Å². The van der Waals surface area contributed by atoms with Crippen LogP contribution in [-0.4, -0.2) is 59.1 Å². The largest absolute Gasteiger partial charge is 0.360 e. The number of aromatic nitrogens is 3. The second-order valence-corrected chi connectivity index (χ2v) is 10.2. The van der Waals surface area contributed by atoms with Crippen molar-refractivity contribution in [2.24, 2.45) is 0 Å². The van der Waals surface area contributed by atoms with Gasteiger partial charge in [-0.15, -0.1) is 11.3 Å². The van der Waals surface area contributed by atoms with Gasteiger partial charge in [0.1, 0.15) is 10.6 Å². The normalized spacial score (nSPS) is 16.7. The average Bonchev–Trinajstić information content (AvgIpc) is 3.36. The van der Waals surface area contributed by atoms with Crippen molar-refractivity contribution in [3.8, 4) is 10.7 Å². The number of piperazine rings is 1. The molecule has 4 heterocycles. The van der Waals surface area contributed by atoms with Gasteiger partial charge in [-0.3, -0.25) is 4.90 Å². The van der Waals surface area contributed by atoms with Crippen LogP contribution in [0.5, 0.6) is 0 Å². The Hall–Kier alpha value is -1.60. The van der Waals surface area contributed by atoms with Gasteiger partial charge in [0, 0.05) is 36.0 Å². The van der Waals surface area contributed by atoms with Gasteiger partial charge in [-0.05, 0) is 35.8 Å². The Morgan fingerprint density at radius 2 is 1.93 bits per heavy atom. The lowest BCUT2D eigenvalue weighted by Gasteiger charge is -2.32. The van der Waals surface area contributed by atoms with E-state index in [9.17, 15) is 8.42 Å². The molecular weight excluding hydrogens is 470 g/mol. The van der Waals surface area contributed by atoms with E-state index in [-0.39, 0.29) is 4.90 Å². The summed E-state index contributed by atoms with van der Waals surface area (Å²) in [7, 11) is -3.61. The fraction of sp³-hybridized carbons (Fsp3) is 0.438. The van der Waals surface area contributed by atoms with Crippen LogP contribution < -0.4 is 0 Å². The van der Waals surface area contributed by atoms with Gasteiger partial charge >= 0.3 is 0 Å². The van der Waals surface area contributed by atoms with E-state index < -0.39 is 10.0 Å². The molecule has 150 valence electrons. The third-order valence-corrected chi connectivity index (χ3v) is 8.34. The van der Waals surface area contributed by atoms with Crippen LogP contribution in [0.3, 0.4) is 0 Å². The van der Waals surface area contributed by atoms with Gasteiger partial charge in [-0.25, -0.2) is 8.42 Å². The monoisotopic (exact) mass is 487 g/mol. The van der Waals surface area contributed by atoms with Crippen molar-refractivity contribution >= 4 is 37.3 Å². The van der Waals surface area contributed by atoms with E-state index in [1.54, 1.807) is 13.8 Å². The average molecular weight is 488 g/mol. The molecule has 0 saturated carbocycles. The lowest BCUT2D eigenvalue weighted by molar-refractivity contribution is 0.163. The van der Waals surface area contributed by atoms with Crippen molar-refractivity contribution < 1.29 is 17.5 Å².